The monoisotopic (exact) mass is 382 g/mol. The summed E-state index contributed by atoms with van der Waals surface area (Å²) in [6.45, 7) is 3.81. The van der Waals surface area contributed by atoms with Crippen molar-refractivity contribution in [2.75, 3.05) is 27.3 Å². The lowest BCUT2D eigenvalue weighted by atomic mass is 10.1. The van der Waals surface area contributed by atoms with E-state index < -0.39 is 0 Å². The largest absolute Gasteiger partial charge is 0.493 e. The number of carbonyl (C=O) groups excluding carboxylic acids is 1. The van der Waals surface area contributed by atoms with Crippen molar-refractivity contribution in [2.24, 2.45) is 0 Å². The Balaban J connectivity index is 1.62. The minimum Gasteiger partial charge on any atom is -0.493 e. The standard InChI is InChI=1S/C23H30N2O3/c1-27-21-12-8-11-20(22(21)28-2)23(26)24-16-18-9-7-10-19(15-18)17-25-13-5-3-4-6-14-25/h7-12,15H,3-6,13-14,16-17H2,1-2H3,(H,24,26). The molecule has 3 rings (SSSR count). The molecule has 1 heterocycles. The van der Waals surface area contributed by atoms with Crippen LogP contribution in [0.3, 0.4) is 0 Å². The summed E-state index contributed by atoms with van der Waals surface area (Å²) in [4.78, 5) is 15.2. The average molecular weight is 383 g/mol. The fourth-order valence-electron chi connectivity index (χ4n) is 3.73. The topological polar surface area (TPSA) is 50.8 Å². The number of likely N-dealkylation sites (tertiary alicyclic amines) is 1. The Morgan fingerprint density at radius 2 is 1.68 bits per heavy atom. The van der Waals surface area contributed by atoms with Crippen LogP contribution in [-0.2, 0) is 13.1 Å². The number of methoxy groups -OCH3 is 2. The second-order valence-electron chi connectivity index (χ2n) is 7.23. The zero-order chi connectivity index (χ0) is 19.8. The Morgan fingerprint density at radius 1 is 0.964 bits per heavy atom. The molecule has 2 aromatic carbocycles. The number of benzene rings is 2. The molecule has 5 nitrogen and oxygen atoms in total. The molecule has 1 aliphatic heterocycles. The number of amides is 1. The SMILES string of the molecule is COc1cccc(C(=O)NCc2cccc(CN3CCCCCC3)c2)c1OC. The van der Waals surface area contributed by atoms with Gasteiger partial charge in [-0.3, -0.25) is 9.69 Å². The minimum absolute atomic E-state index is 0.173. The van der Waals surface area contributed by atoms with E-state index in [1.54, 1.807) is 32.4 Å². The fraction of sp³-hybridized carbons (Fsp3) is 0.435. The third-order valence-electron chi connectivity index (χ3n) is 5.20. The number of hydrogen-bond acceptors (Lipinski definition) is 4. The molecule has 150 valence electrons. The molecule has 1 fully saturated rings. The maximum absolute atomic E-state index is 12.7. The maximum Gasteiger partial charge on any atom is 0.255 e. The van der Waals surface area contributed by atoms with Gasteiger partial charge in [0.15, 0.2) is 11.5 Å². The summed E-state index contributed by atoms with van der Waals surface area (Å²) >= 11 is 0. The van der Waals surface area contributed by atoms with Gasteiger partial charge in [-0.05, 0) is 49.2 Å². The van der Waals surface area contributed by atoms with E-state index in [2.05, 4.69) is 34.5 Å². The first kappa shape index (κ1) is 20.2. The van der Waals surface area contributed by atoms with Gasteiger partial charge in [0, 0.05) is 13.1 Å². The smallest absolute Gasteiger partial charge is 0.255 e. The molecule has 28 heavy (non-hydrogen) atoms. The van der Waals surface area contributed by atoms with Gasteiger partial charge >= 0.3 is 0 Å². The lowest BCUT2D eigenvalue weighted by Crippen LogP contribution is -2.25. The molecule has 0 aliphatic carbocycles. The molecule has 0 radical (unpaired) electrons. The number of rotatable bonds is 7. The Morgan fingerprint density at radius 3 is 2.39 bits per heavy atom. The van der Waals surface area contributed by atoms with Crippen molar-refractivity contribution in [3.63, 3.8) is 0 Å². The summed E-state index contributed by atoms with van der Waals surface area (Å²) in [5, 5.41) is 2.99. The third-order valence-corrected chi connectivity index (χ3v) is 5.20. The van der Waals surface area contributed by atoms with Crippen LogP contribution in [-0.4, -0.2) is 38.1 Å². The number of nitrogens with zero attached hydrogens (tertiary/aromatic N) is 1. The van der Waals surface area contributed by atoms with E-state index in [4.69, 9.17) is 9.47 Å². The van der Waals surface area contributed by atoms with Gasteiger partial charge in [-0.1, -0.05) is 43.2 Å². The molecular formula is C23H30N2O3. The van der Waals surface area contributed by atoms with Crippen LogP contribution in [0.2, 0.25) is 0 Å². The van der Waals surface area contributed by atoms with Gasteiger partial charge in [0.2, 0.25) is 0 Å². The number of carbonyl (C=O) groups is 1. The maximum atomic E-state index is 12.7. The molecule has 5 heteroatoms. The highest BCUT2D eigenvalue weighted by atomic mass is 16.5. The zero-order valence-corrected chi connectivity index (χ0v) is 16.9. The normalized spacial score (nSPS) is 14.9. The molecule has 1 aliphatic rings. The quantitative estimate of drug-likeness (QED) is 0.786. The van der Waals surface area contributed by atoms with E-state index in [9.17, 15) is 4.79 Å². The van der Waals surface area contributed by atoms with E-state index in [1.807, 2.05) is 0 Å². The predicted molar refractivity (Wildman–Crippen MR) is 111 cm³/mol. The molecule has 0 unspecified atom stereocenters. The van der Waals surface area contributed by atoms with Crippen LogP contribution in [0.5, 0.6) is 11.5 Å². The van der Waals surface area contributed by atoms with Gasteiger partial charge < -0.3 is 14.8 Å². The van der Waals surface area contributed by atoms with E-state index in [0.29, 0.717) is 23.6 Å². The summed E-state index contributed by atoms with van der Waals surface area (Å²) in [5.74, 6) is 0.834. The van der Waals surface area contributed by atoms with Crippen LogP contribution >= 0.6 is 0 Å². The van der Waals surface area contributed by atoms with Crippen LogP contribution in [0, 0.1) is 0 Å². The lowest BCUT2D eigenvalue weighted by molar-refractivity contribution is 0.0947. The molecule has 0 aromatic heterocycles. The second kappa shape index (κ2) is 10.1. The molecule has 0 bridgehead atoms. The average Bonchev–Trinajstić information content (AvgIpc) is 3.00. The fourth-order valence-corrected chi connectivity index (χ4v) is 3.73. The van der Waals surface area contributed by atoms with Gasteiger partial charge in [0.05, 0.1) is 19.8 Å². The molecule has 1 amide bonds. The number of nitrogens with one attached hydrogen (secondary N) is 1. The third kappa shape index (κ3) is 5.26. The number of para-hydroxylation sites is 1. The van der Waals surface area contributed by atoms with Crippen LogP contribution < -0.4 is 14.8 Å². The van der Waals surface area contributed by atoms with Crippen LogP contribution in [0.1, 0.15) is 47.2 Å². The van der Waals surface area contributed by atoms with Gasteiger partial charge in [-0.2, -0.15) is 0 Å². The molecule has 1 N–H and O–H groups in total. The first-order valence-electron chi connectivity index (χ1n) is 10.0. The molecule has 2 aromatic rings. The van der Waals surface area contributed by atoms with Crippen molar-refractivity contribution in [1.82, 2.24) is 10.2 Å². The van der Waals surface area contributed by atoms with Crippen molar-refractivity contribution >= 4 is 5.91 Å². The van der Waals surface area contributed by atoms with E-state index >= 15 is 0 Å². The Kier molecular flexibility index (Phi) is 7.31. The van der Waals surface area contributed by atoms with E-state index in [-0.39, 0.29) is 5.91 Å². The van der Waals surface area contributed by atoms with Crippen LogP contribution in [0.25, 0.3) is 0 Å². The van der Waals surface area contributed by atoms with Crippen molar-refractivity contribution in [1.29, 1.82) is 0 Å². The highest BCUT2D eigenvalue weighted by Gasteiger charge is 2.16. The van der Waals surface area contributed by atoms with Crippen molar-refractivity contribution < 1.29 is 14.3 Å². The number of ether oxygens (including phenoxy) is 2. The van der Waals surface area contributed by atoms with E-state index in [0.717, 1.165) is 12.1 Å². The minimum atomic E-state index is -0.173. The van der Waals surface area contributed by atoms with Gasteiger partial charge in [0.25, 0.3) is 5.91 Å². The van der Waals surface area contributed by atoms with Gasteiger partial charge in [-0.25, -0.2) is 0 Å². The first-order chi connectivity index (χ1) is 13.7. The highest BCUT2D eigenvalue weighted by molar-refractivity contribution is 5.97. The van der Waals surface area contributed by atoms with Crippen LogP contribution in [0.4, 0.5) is 0 Å². The second-order valence-corrected chi connectivity index (χ2v) is 7.23. The molecule has 0 spiro atoms. The summed E-state index contributed by atoms with van der Waals surface area (Å²) in [6, 6.07) is 13.8. The van der Waals surface area contributed by atoms with Crippen LogP contribution in [0.15, 0.2) is 42.5 Å². The molecule has 0 atom stereocenters. The van der Waals surface area contributed by atoms with Gasteiger partial charge in [-0.15, -0.1) is 0 Å². The molecule has 1 saturated heterocycles. The lowest BCUT2D eigenvalue weighted by Gasteiger charge is -2.20. The predicted octanol–water partition coefficient (Wildman–Crippen LogP) is 4.01. The highest BCUT2D eigenvalue weighted by Crippen LogP contribution is 2.30. The first-order valence-corrected chi connectivity index (χ1v) is 10.0. The Hall–Kier alpha value is -2.53. The Bertz CT molecular complexity index is 783. The van der Waals surface area contributed by atoms with Crippen molar-refractivity contribution in [3.8, 4) is 11.5 Å². The van der Waals surface area contributed by atoms with E-state index in [1.165, 1.54) is 44.3 Å². The van der Waals surface area contributed by atoms with Gasteiger partial charge in [0.1, 0.15) is 0 Å². The summed E-state index contributed by atoms with van der Waals surface area (Å²) in [7, 11) is 3.11. The Labute approximate surface area is 167 Å². The number of hydrogen-bond donors (Lipinski definition) is 1. The summed E-state index contributed by atoms with van der Waals surface area (Å²) in [6.07, 6.45) is 5.27. The zero-order valence-electron chi connectivity index (χ0n) is 16.9. The molecule has 0 saturated carbocycles. The van der Waals surface area contributed by atoms with Crippen molar-refractivity contribution in [2.45, 2.75) is 38.8 Å². The van der Waals surface area contributed by atoms with Crippen molar-refractivity contribution in [3.05, 3.63) is 59.2 Å². The molecular weight excluding hydrogens is 352 g/mol. The summed E-state index contributed by atoms with van der Waals surface area (Å²) < 4.78 is 10.6. The summed E-state index contributed by atoms with van der Waals surface area (Å²) in [5.41, 5.74) is 2.87.